The minimum atomic E-state index is -0.308. The number of halogens is 1. The van der Waals surface area contributed by atoms with Gasteiger partial charge < -0.3 is 19.5 Å². The maximum absolute atomic E-state index is 12.1. The van der Waals surface area contributed by atoms with Crippen molar-refractivity contribution >= 4 is 23.2 Å². The summed E-state index contributed by atoms with van der Waals surface area (Å²) in [7, 11) is 3.00. The Labute approximate surface area is 146 Å². The van der Waals surface area contributed by atoms with Crippen molar-refractivity contribution in [1.29, 1.82) is 0 Å². The zero-order valence-electron chi connectivity index (χ0n) is 13.9. The highest BCUT2D eigenvalue weighted by Gasteiger charge is 2.13. The van der Waals surface area contributed by atoms with Crippen LogP contribution in [-0.2, 0) is 11.2 Å². The molecule has 0 saturated carbocycles. The van der Waals surface area contributed by atoms with E-state index in [1.165, 1.54) is 19.8 Å². The largest absolute Gasteiger partial charge is 0.495 e. The Morgan fingerprint density at radius 2 is 1.75 bits per heavy atom. The van der Waals surface area contributed by atoms with E-state index in [1.807, 2.05) is 24.3 Å². The predicted molar refractivity (Wildman–Crippen MR) is 94.5 cm³/mol. The van der Waals surface area contributed by atoms with Gasteiger partial charge in [0.2, 0.25) is 0 Å². The number of hydrogen-bond donors (Lipinski definition) is 1. The smallest absolute Gasteiger partial charge is 0.262 e. The van der Waals surface area contributed by atoms with Crippen LogP contribution >= 0.6 is 11.6 Å². The molecule has 0 aliphatic rings. The van der Waals surface area contributed by atoms with Gasteiger partial charge in [-0.05, 0) is 24.1 Å². The molecule has 128 valence electrons. The molecular weight excluding hydrogens is 330 g/mol. The van der Waals surface area contributed by atoms with Crippen LogP contribution in [0.2, 0.25) is 5.02 Å². The van der Waals surface area contributed by atoms with Crippen molar-refractivity contribution in [1.82, 2.24) is 0 Å². The van der Waals surface area contributed by atoms with Gasteiger partial charge in [0.05, 0.1) is 24.9 Å². The number of benzene rings is 2. The molecule has 2 rings (SSSR count). The van der Waals surface area contributed by atoms with Crippen LogP contribution in [0.15, 0.2) is 36.4 Å². The first-order valence-corrected chi connectivity index (χ1v) is 7.88. The van der Waals surface area contributed by atoms with E-state index in [1.54, 1.807) is 12.1 Å². The van der Waals surface area contributed by atoms with Gasteiger partial charge in [0, 0.05) is 12.1 Å². The highest BCUT2D eigenvalue weighted by molar-refractivity contribution is 6.32. The van der Waals surface area contributed by atoms with E-state index in [-0.39, 0.29) is 12.5 Å². The number of rotatable bonds is 7. The molecule has 0 bridgehead atoms. The molecule has 24 heavy (non-hydrogen) atoms. The summed E-state index contributed by atoms with van der Waals surface area (Å²) in [6.45, 7) is 1.97. The van der Waals surface area contributed by atoms with Crippen LogP contribution in [0.1, 0.15) is 12.5 Å². The van der Waals surface area contributed by atoms with Crippen LogP contribution in [0, 0.1) is 0 Å². The summed E-state index contributed by atoms with van der Waals surface area (Å²) in [5.41, 5.74) is 1.68. The molecule has 6 heteroatoms. The Balaban J connectivity index is 2.01. The fraction of sp³-hybridized carbons (Fsp3) is 0.278. The van der Waals surface area contributed by atoms with Gasteiger partial charge in [-0.1, -0.05) is 30.7 Å². The summed E-state index contributed by atoms with van der Waals surface area (Å²) in [5.74, 6) is 1.23. The second-order valence-corrected chi connectivity index (χ2v) is 5.43. The number of aryl methyl sites for hydroxylation is 1. The number of hydrogen-bond acceptors (Lipinski definition) is 4. The molecule has 0 radical (unpaired) electrons. The van der Waals surface area contributed by atoms with Gasteiger partial charge in [-0.2, -0.15) is 0 Å². The molecule has 0 unspecified atom stereocenters. The number of methoxy groups -OCH3 is 2. The van der Waals surface area contributed by atoms with Gasteiger partial charge in [0.15, 0.2) is 6.61 Å². The van der Waals surface area contributed by atoms with Crippen molar-refractivity contribution in [2.24, 2.45) is 0 Å². The second-order valence-electron chi connectivity index (χ2n) is 5.02. The molecule has 0 saturated heterocycles. The van der Waals surface area contributed by atoms with Crippen LogP contribution < -0.4 is 19.5 Å². The minimum absolute atomic E-state index is 0.112. The van der Waals surface area contributed by atoms with E-state index in [0.717, 1.165) is 6.42 Å². The standard InChI is InChI=1S/C18H20ClNO4/c1-4-12-5-7-13(8-6-12)24-11-18(21)20-15-10-16(22-2)14(19)9-17(15)23-3/h5-10H,4,11H2,1-3H3,(H,20,21). The molecule has 0 heterocycles. The van der Waals surface area contributed by atoms with Crippen LogP contribution in [-0.4, -0.2) is 26.7 Å². The van der Waals surface area contributed by atoms with Crippen LogP contribution in [0.3, 0.4) is 0 Å². The third kappa shape index (κ3) is 4.55. The maximum atomic E-state index is 12.1. The van der Waals surface area contributed by atoms with Gasteiger partial charge in [-0.15, -0.1) is 0 Å². The van der Waals surface area contributed by atoms with Crippen molar-refractivity contribution in [2.75, 3.05) is 26.1 Å². The summed E-state index contributed by atoms with van der Waals surface area (Å²) >= 11 is 6.04. The number of ether oxygens (including phenoxy) is 3. The summed E-state index contributed by atoms with van der Waals surface area (Å²) in [6.07, 6.45) is 0.957. The molecule has 2 aromatic carbocycles. The first-order chi connectivity index (χ1) is 11.6. The lowest BCUT2D eigenvalue weighted by molar-refractivity contribution is -0.118. The van der Waals surface area contributed by atoms with Gasteiger partial charge in [0.25, 0.3) is 5.91 Å². The van der Waals surface area contributed by atoms with Crippen LogP contribution in [0.5, 0.6) is 17.2 Å². The zero-order valence-corrected chi connectivity index (χ0v) is 14.6. The molecule has 1 N–H and O–H groups in total. The predicted octanol–water partition coefficient (Wildman–Crippen LogP) is 3.94. The molecule has 0 aromatic heterocycles. The van der Waals surface area contributed by atoms with Crippen molar-refractivity contribution in [3.63, 3.8) is 0 Å². The average molecular weight is 350 g/mol. The SMILES string of the molecule is CCc1ccc(OCC(=O)Nc2cc(OC)c(Cl)cc2OC)cc1. The van der Waals surface area contributed by atoms with Gasteiger partial charge in [0.1, 0.15) is 17.2 Å². The van der Waals surface area contributed by atoms with Gasteiger partial charge >= 0.3 is 0 Å². The molecule has 0 spiro atoms. The fourth-order valence-corrected chi connectivity index (χ4v) is 2.35. The summed E-state index contributed by atoms with van der Waals surface area (Å²) < 4.78 is 15.9. The van der Waals surface area contributed by atoms with Crippen molar-refractivity contribution in [3.05, 3.63) is 47.0 Å². The average Bonchev–Trinajstić information content (AvgIpc) is 2.61. The van der Waals surface area contributed by atoms with Crippen LogP contribution in [0.4, 0.5) is 5.69 Å². The highest BCUT2D eigenvalue weighted by Crippen LogP contribution is 2.35. The number of carbonyl (C=O) groups excluding carboxylic acids is 1. The van der Waals surface area contributed by atoms with E-state index >= 15 is 0 Å². The summed E-state index contributed by atoms with van der Waals surface area (Å²) in [4.78, 5) is 12.1. The van der Waals surface area contributed by atoms with E-state index in [4.69, 9.17) is 25.8 Å². The van der Waals surface area contributed by atoms with Crippen LogP contribution in [0.25, 0.3) is 0 Å². The number of anilines is 1. The van der Waals surface area contributed by atoms with E-state index in [0.29, 0.717) is 28.0 Å². The van der Waals surface area contributed by atoms with Crippen molar-refractivity contribution in [3.8, 4) is 17.2 Å². The Kier molecular flexibility index (Phi) is 6.32. The first-order valence-electron chi connectivity index (χ1n) is 7.50. The molecular formula is C18H20ClNO4. The highest BCUT2D eigenvalue weighted by atomic mass is 35.5. The fourth-order valence-electron chi connectivity index (χ4n) is 2.11. The Morgan fingerprint density at radius 3 is 2.33 bits per heavy atom. The third-order valence-electron chi connectivity index (χ3n) is 3.45. The van der Waals surface area contributed by atoms with Gasteiger partial charge in [-0.25, -0.2) is 0 Å². The Morgan fingerprint density at radius 1 is 1.08 bits per heavy atom. The number of carbonyl (C=O) groups is 1. The third-order valence-corrected chi connectivity index (χ3v) is 3.74. The summed E-state index contributed by atoms with van der Waals surface area (Å²) in [6, 6.07) is 10.8. The van der Waals surface area contributed by atoms with E-state index in [2.05, 4.69) is 12.2 Å². The molecule has 0 atom stereocenters. The quantitative estimate of drug-likeness (QED) is 0.822. The topological polar surface area (TPSA) is 56.8 Å². The second kappa shape index (κ2) is 8.45. The molecule has 2 aromatic rings. The normalized spacial score (nSPS) is 10.2. The molecule has 0 aliphatic carbocycles. The first kappa shape index (κ1) is 17.9. The molecule has 5 nitrogen and oxygen atoms in total. The maximum Gasteiger partial charge on any atom is 0.262 e. The Hall–Kier alpha value is -2.40. The van der Waals surface area contributed by atoms with E-state index < -0.39 is 0 Å². The number of amides is 1. The lowest BCUT2D eigenvalue weighted by Gasteiger charge is -2.13. The van der Waals surface area contributed by atoms with Gasteiger partial charge in [-0.3, -0.25) is 4.79 Å². The lowest BCUT2D eigenvalue weighted by atomic mass is 10.2. The summed E-state index contributed by atoms with van der Waals surface area (Å²) in [5, 5.41) is 3.13. The zero-order chi connectivity index (χ0) is 17.5. The minimum Gasteiger partial charge on any atom is -0.495 e. The lowest BCUT2D eigenvalue weighted by Crippen LogP contribution is -2.20. The molecule has 1 amide bonds. The molecule has 0 aliphatic heterocycles. The van der Waals surface area contributed by atoms with Crippen molar-refractivity contribution < 1.29 is 19.0 Å². The van der Waals surface area contributed by atoms with E-state index in [9.17, 15) is 4.79 Å². The molecule has 0 fully saturated rings. The monoisotopic (exact) mass is 349 g/mol. The number of nitrogens with one attached hydrogen (secondary N) is 1. The Bertz CT molecular complexity index is 701. The van der Waals surface area contributed by atoms with Crippen molar-refractivity contribution in [2.45, 2.75) is 13.3 Å².